The smallest absolute Gasteiger partial charge is 0.304 e. The maximum Gasteiger partial charge on any atom is 0.304 e. The first-order valence-corrected chi connectivity index (χ1v) is 12.7. The van der Waals surface area contributed by atoms with E-state index in [4.69, 9.17) is 9.57 Å². The normalized spacial score (nSPS) is 12.1. The Morgan fingerprint density at radius 1 is 1.11 bits per heavy atom. The topological polar surface area (TPSA) is 101 Å². The molecule has 2 aromatic carbocycles. The molecule has 0 atom stereocenters. The molecule has 1 amide bonds. The molecule has 3 aromatic rings. The third-order valence-corrected chi connectivity index (χ3v) is 6.05. The van der Waals surface area contributed by atoms with Crippen molar-refractivity contribution in [1.82, 2.24) is 9.47 Å². The Bertz CT molecular complexity index is 1230. The van der Waals surface area contributed by atoms with Crippen molar-refractivity contribution in [3.8, 4) is 11.6 Å². The highest BCUT2D eigenvalue weighted by atomic mass is 79.9. The summed E-state index contributed by atoms with van der Waals surface area (Å²) in [6, 6.07) is 13.0. The van der Waals surface area contributed by atoms with Crippen LogP contribution < -0.4 is 4.74 Å². The van der Waals surface area contributed by atoms with Gasteiger partial charge in [0.15, 0.2) is 12.3 Å². The number of ether oxygens (including phenoxy) is 1. The number of hydrogen-bond acceptors (Lipinski definition) is 7. The summed E-state index contributed by atoms with van der Waals surface area (Å²) in [5.41, 5.74) is 2.50. The van der Waals surface area contributed by atoms with Gasteiger partial charge < -0.3 is 14.7 Å². The van der Waals surface area contributed by atoms with Crippen LogP contribution >= 0.6 is 15.9 Å². The van der Waals surface area contributed by atoms with E-state index in [-0.39, 0.29) is 18.2 Å². The van der Waals surface area contributed by atoms with Crippen LogP contribution in [0.4, 0.5) is 5.69 Å². The van der Waals surface area contributed by atoms with E-state index in [0.29, 0.717) is 17.8 Å². The van der Waals surface area contributed by atoms with Gasteiger partial charge in [-0.05, 0) is 80.9 Å². The van der Waals surface area contributed by atoms with Gasteiger partial charge in [0.1, 0.15) is 5.75 Å². The van der Waals surface area contributed by atoms with Crippen molar-refractivity contribution in [2.24, 2.45) is 15.4 Å². The van der Waals surface area contributed by atoms with Gasteiger partial charge >= 0.3 is 5.91 Å². The molecule has 0 unspecified atom stereocenters. The molecule has 3 rings (SSSR count). The molecule has 0 bridgehead atoms. The number of aromatic hydroxyl groups is 1. The van der Waals surface area contributed by atoms with E-state index in [2.05, 4.69) is 50.1 Å². The quantitative estimate of drug-likeness (QED) is 0.161. The minimum atomic E-state index is -0.616. The molecule has 0 radical (unpaired) electrons. The number of hydrogen-bond donors (Lipinski definition) is 1. The van der Waals surface area contributed by atoms with Gasteiger partial charge in [-0.3, -0.25) is 14.3 Å². The largest absolute Gasteiger partial charge is 0.497 e. The summed E-state index contributed by atoms with van der Waals surface area (Å²) in [4.78, 5) is 19.8. The number of nitrogens with zero attached hydrogens (tertiary/aromatic N) is 5. The number of oxime groups is 1. The molecule has 0 aliphatic rings. The average molecular weight is 558 g/mol. The molecule has 9 nitrogen and oxygen atoms in total. The Hall–Kier alpha value is -3.24. The van der Waals surface area contributed by atoms with Crippen LogP contribution in [-0.2, 0) is 16.3 Å². The molecule has 0 aliphatic heterocycles. The van der Waals surface area contributed by atoms with Gasteiger partial charge in [-0.1, -0.05) is 34.9 Å². The van der Waals surface area contributed by atoms with Crippen LogP contribution in [0.1, 0.15) is 39.2 Å². The molecule has 1 heterocycles. The standard InChI is InChI=1S/C26H32BrN5O4/c1-5-13-31(14-6-2)17-32-23-12-9-20(27)15-22(23)25(26(32)34)29-28-24(33)16-36-30-18(3)19-7-10-21(35-4)11-8-19/h7-12,15,34H,5-6,13-14,16-17H2,1-4H3/b29-28?,30-18-. The molecule has 1 aromatic heterocycles. The summed E-state index contributed by atoms with van der Waals surface area (Å²) in [5.74, 6) is 0.0875. The number of amides is 1. The molecule has 36 heavy (non-hydrogen) atoms. The van der Waals surface area contributed by atoms with Crippen LogP contribution in [0.25, 0.3) is 10.9 Å². The minimum Gasteiger partial charge on any atom is -0.497 e. The molecule has 192 valence electrons. The van der Waals surface area contributed by atoms with Crippen LogP contribution in [-0.4, -0.2) is 53.0 Å². The highest BCUT2D eigenvalue weighted by Crippen LogP contribution is 2.40. The van der Waals surface area contributed by atoms with E-state index < -0.39 is 5.91 Å². The fourth-order valence-corrected chi connectivity index (χ4v) is 4.19. The lowest BCUT2D eigenvalue weighted by Crippen LogP contribution is -2.27. The molecule has 10 heteroatoms. The molecule has 0 spiro atoms. The first-order valence-electron chi connectivity index (χ1n) is 11.9. The second-order valence-electron chi connectivity index (χ2n) is 8.29. The Labute approximate surface area is 219 Å². The Morgan fingerprint density at radius 2 is 1.81 bits per heavy atom. The van der Waals surface area contributed by atoms with Crippen LogP contribution in [0.2, 0.25) is 0 Å². The Balaban J connectivity index is 1.75. The highest BCUT2D eigenvalue weighted by Gasteiger charge is 2.19. The maximum absolute atomic E-state index is 12.3. The zero-order chi connectivity index (χ0) is 26.1. The molecule has 1 N–H and O–H groups in total. The first-order chi connectivity index (χ1) is 17.4. The van der Waals surface area contributed by atoms with E-state index in [1.807, 2.05) is 42.5 Å². The van der Waals surface area contributed by atoms with Crippen molar-refractivity contribution in [2.75, 3.05) is 26.8 Å². The zero-order valence-corrected chi connectivity index (χ0v) is 22.7. The average Bonchev–Trinajstić information content (AvgIpc) is 3.12. The summed E-state index contributed by atoms with van der Waals surface area (Å²) in [7, 11) is 1.60. The lowest BCUT2D eigenvalue weighted by Gasteiger charge is -2.22. The second kappa shape index (κ2) is 13.2. The third-order valence-electron chi connectivity index (χ3n) is 5.55. The number of carbonyl (C=O) groups excluding carboxylic acids is 1. The van der Waals surface area contributed by atoms with E-state index in [1.165, 1.54) is 0 Å². The van der Waals surface area contributed by atoms with Crippen LogP contribution in [0, 0.1) is 0 Å². The number of halogens is 1. The summed E-state index contributed by atoms with van der Waals surface area (Å²) >= 11 is 3.47. The van der Waals surface area contributed by atoms with Gasteiger partial charge in [0.05, 0.1) is 25.0 Å². The predicted octanol–water partition coefficient (Wildman–Crippen LogP) is 6.25. The van der Waals surface area contributed by atoms with Crippen molar-refractivity contribution in [3.63, 3.8) is 0 Å². The lowest BCUT2D eigenvalue weighted by atomic mass is 10.1. The highest BCUT2D eigenvalue weighted by molar-refractivity contribution is 9.10. The monoisotopic (exact) mass is 557 g/mol. The van der Waals surface area contributed by atoms with Gasteiger partial charge in [-0.15, -0.1) is 10.2 Å². The number of rotatable bonds is 12. The Morgan fingerprint density at radius 3 is 2.44 bits per heavy atom. The number of benzene rings is 2. The first kappa shape index (κ1) is 27.3. The van der Waals surface area contributed by atoms with Crippen LogP contribution in [0.5, 0.6) is 11.6 Å². The molecular formula is C26H32BrN5O4. The fraction of sp³-hybridized carbons (Fsp3) is 0.385. The molecule has 0 fully saturated rings. The van der Waals surface area contributed by atoms with Crippen LogP contribution in [0.3, 0.4) is 0 Å². The van der Waals surface area contributed by atoms with E-state index in [0.717, 1.165) is 47.2 Å². The van der Waals surface area contributed by atoms with Crippen molar-refractivity contribution in [3.05, 3.63) is 52.5 Å². The van der Waals surface area contributed by atoms with Crippen molar-refractivity contribution >= 4 is 44.1 Å². The number of methoxy groups -OCH3 is 1. The van der Waals surface area contributed by atoms with Gasteiger partial charge in [-0.2, -0.15) is 0 Å². The van der Waals surface area contributed by atoms with Crippen LogP contribution in [0.15, 0.2) is 62.3 Å². The number of fused-ring (bicyclic) bond motifs is 1. The third kappa shape index (κ3) is 6.92. The van der Waals surface area contributed by atoms with Crippen molar-refractivity contribution in [1.29, 1.82) is 0 Å². The summed E-state index contributed by atoms with van der Waals surface area (Å²) in [6.45, 7) is 7.99. The number of azo groups is 1. The SMILES string of the molecule is CCCN(CCC)Cn1c(O)c(N=NC(=O)CO/N=C(/C)c2ccc(OC)cc2)c2cc(Br)ccc21. The molecular weight excluding hydrogens is 526 g/mol. The number of carbonyl (C=O) groups is 1. The predicted molar refractivity (Wildman–Crippen MR) is 144 cm³/mol. The van der Waals surface area contributed by atoms with E-state index in [9.17, 15) is 9.90 Å². The van der Waals surface area contributed by atoms with E-state index in [1.54, 1.807) is 18.6 Å². The van der Waals surface area contributed by atoms with Gasteiger partial charge in [0.25, 0.3) is 0 Å². The summed E-state index contributed by atoms with van der Waals surface area (Å²) in [6.07, 6.45) is 2.01. The minimum absolute atomic E-state index is 0.0360. The Kier molecular flexibility index (Phi) is 10.0. The second-order valence-corrected chi connectivity index (χ2v) is 9.21. The van der Waals surface area contributed by atoms with Gasteiger partial charge in [0, 0.05) is 9.86 Å². The van der Waals surface area contributed by atoms with E-state index >= 15 is 0 Å². The van der Waals surface area contributed by atoms with Gasteiger partial charge in [0.2, 0.25) is 5.88 Å². The zero-order valence-electron chi connectivity index (χ0n) is 21.1. The summed E-state index contributed by atoms with van der Waals surface area (Å²) < 4.78 is 7.78. The number of aromatic nitrogens is 1. The fourth-order valence-electron chi connectivity index (χ4n) is 3.83. The van der Waals surface area contributed by atoms with Gasteiger partial charge in [-0.25, -0.2) is 0 Å². The summed E-state index contributed by atoms with van der Waals surface area (Å²) in [5, 5.41) is 23.5. The maximum atomic E-state index is 12.3. The lowest BCUT2D eigenvalue weighted by molar-refractivity contribution is -0.122. The van der Waals surface area contributed by atoms with Crippen molar-refractivity contribution < 1.29 is 19.5 Å². The molecule has 0 aliphatic carbocycles. The molecule has 0 saturated carbocycles. The van der Waals surface area contributed by atoms with Crippen molar-refractivity contribution in [2.45, 2.75) is 40.3 Å². The molecule has 0 saturated heterocycles.